The quantitative estimate of drug-likeness (QED) is 0.817. The summed E-state index contributed by atoms with van der Waals surface area (Å²) in [5, 5.41) is 10.9. The molecule has 3 N–H and O–H groups in total. The standard InChI is InChI=1S/C13H17N5O/c14-10(9-4-5-9)7-13(19)15-8-12-17-16-11-3-1-2-6-18(11)12/h1-3,6,9-10H,4-5,7-8,14H2,(H,15,19). The highest BCUT2D eigenvalue weighted by molar-refractivity contribution is 5.76. The summed E-state index contributed by atoms with van der Waals surface area (Å²) in [7, 11) is 0. The van der Waals surface area contributed by atoms with Crippen LogP contribution in [-0.2, 0) is 11.3 Å². The fourth-order valence-corrected chi connectivity index (χ4v) is 2.17. The van der Waals surface area contributed by atoms with Crippen LogP contribution in [-0.4, -0.2) is 26.5 Å². The van der Waals surface area contributed by atoms with Gasteiger partial charge in [-0.3, -0.25) is 9.20 Å². The lowest BCUT2D eigenvalue weighted by Crippen LogP contribution is -2.33. The Morgan fingerprint density at radius 1 is 1.47 bits per heavy atom. The van der Waals surface area contributed by atoms with Crippen molar-refractivity contribution in [1.82, 2.24) is 19.9 Å². The van der Waals surface area contributed by atoms with E-state index >= 15 is 0 Å². The molecule has 3 rings (SSSR count). The number of aromatic nitrogens is 3. The zero-order valence-corrected chi connectivity index (χ0v) is 10.6. The molecule has 1 saturated carbocycles. The molecular weight excluding hydrogens is 242 g/mol. The van der Waals surface area contributed by atoms with Gasteiger partial charge in [0, 0.05) is 18.7 Å². The molecule has 1 fully saturated rings. The predicted molar refractivity (Wildman–Crippen MR) is 70.2 cm³/mol. The van der Waals surface area contributed by atoms with Crippen molar-refractivity contribution in [3.8, 4) is 0 Å². The van der Waals surface area contributed by atoms with E-state index in [1.165, 1.54) is 0 Å². The van der Waals surface area contributed by atoms with Crippen molar-refractivity contribution in [2.75, 3.05) is 0 Å². The topological polar surface area (TPSA) is 85.3 Å². The van der Waals surface area contributed by atoms with Crippen LogP contribution in [0.25, 0.3) is 5.65 Å². The minimum atomic E-state index is -0.0212. The van der Waals surface area contributed by atoms with Crippen molar-refractivity contribution < 1.29 is 4.79 Å². The highest BCUT2D eigenvalue weighted by Crippen LogP contribution is 2.32. The molecule has 1 unspecified atom stereocenters. The van der Waals surface area contributed by atoms with E-state index in [4.69, 9.17) is 5.73 Å². The summed E-state index contributed by atoms with van der Waals surface area (Å²) >= 11 is 0. The fraction of sp³-hybridized carbons (Fsp3) is 0.462. The van der Waals surface area contributed by atoms with E-state index in [0.717, 1.165) is 24.3 Å². The van der Waals surface area contributed by atoms with Crippen molar-refractivity contribution in [3.05, 3.63) is 30.2 Å². The Bertz CT molecular complexity index is 589. The van der Waals surface area contributed by atoms with Crippen LogP contribution < -0.4 is 11.1 Å². The summed E-state index contributed by atoms with van der Waals surface area (Å²) in [6.07, 6.45) is 4.58. The molecule has 1 aliphatic rings. The second kappa shape index (κ2) is 4.97. The third-order valence-electron chi connectivity index (χ3n) is 3.48. The Morgan fingerprint density at radius 3 is 3.11 bits per heavy atom. The van der Waals surface area contributed by atoms with Gasteiger partial charge in [0.25, 0.3) is 0 Å². The van der Waals surface area contributed by atoms with Gasteiger partial charge in [0.2, 0.25) is 5.91 Å². The largest absolute Gasteiger partial charge is 0.349 e. The number of hydrogen-bond donors (Lipinski definition) is 2. The van der Waals surface area contributed by atoms with Gasteiger partial charge < -0.3 is 11.1 Å². The normalized spacial score (nSPS) is 16.5. The van der Waals surface area contributed by atoms with Crippen LogP contribution in [0.5, 0.6) is 0 Å². The van der Waals surface area contributed by atoms with E-state index in [1.807, 2.05) is 28.8 Å². The van der Waals surface area contributed by atoms with Gasteiger partial charge in [-0.05, 0) is 30.9 Å². The lowest BCUT2D eigenvalue weighted by Gasteiger charge is -2.09. The molecular formula is C13H17N5O. The van der Waals surface area contributed by atoms with Crippen molar-refractivity contribution in [2.24, 2.45) is 11.7 Å². The molecule has 0 bridgehead atoms. The van der Waals surface area contributed by atoms with Crippen LogP contribution in [0.1, 0.15) is 25.1 Å². The van der Waals surface area contributed by atoms with Crippen LogP contribution >= 0.6 is 0 Å². The molecule has 2 aromatic heterocycles. The maximum atomic E-state index is 11.8. The van der Waals surface area contributed by atoms with E-state index in [-0.39, 0.29) is 11.9 Å². The maximum Gasteiger partial charge on any atom is 0.221 e. The summed E-state index contributed by atoms with van der Waals surface area (Å²) in [4.78, 5) is 11.8. The molecule has 0 aromatic carbocycles. The van der Waals surface area contributed by atoms with E-state index in [2.05, 4.69) is 15.5 Å². The van der Waals surface area contributed by atoms with Gasteiger partial charge in [-0.2, -0.15) is 0 Å². The predicted octanol–water partition coefficient (Wildman–Crippen LogP) is 0.473. The van der Waals surface area contributed by atoms with Gasteiger partial charge in [-0.25, -0.2) is 0 Å². The van der Waals surface area contributed by atoms with E-state index in [0.29, 0.717) is 18.9 Å². The van der Waals surface area contributed by atoms with E-state index in [1.54, 1.807) is 0 Å². The SMILES string of the molecule is NC(CC(=O)NCc1nnc2ccccn12)C1CC1. The summed E-state index contributed by atoms with van der Waals surface area (Å²) in [5.41, 5.74) is 6.70. The van der Waals surface area contributed by atoms with Crippen LogP contribution in [0.2, 0.25) is 0 Å². The number of pyridine rings is 1. The van der Waals surface area contributed by atoms with Gasteiger partial charge in [0.05, 0.1) is 6.54 Å². The Labute approximate surface area is 111 Å². The third kappa shape index (κ3) is 2.73. The summed E-state index contributed by atoms with van der Waals surface area (Å²) in [6.45, 7) is 0.376. The Kier molecular flexibility index (Phi) is 3.16. The van der Waals surface area contributed by atoms with Gasteiger partial charge >= 0.3 is 0 Å². The highest BCUT2D eigenvalue weighted by Gasteiger charge is 2.29. The summed E-state index contributed by atoms with van der Waals surface area (Å²) in [5.74, 6) is 1.25. The number of nitrogens with zero attached hydrogens (tertiary/aromatic N) is 3. The number of nitrogens with two attached hydrogens (primary N) is 1. The number of fused-ring (bicyclic) bond motifs is 1. The Hall–Kier alpha value is -1.95. The minimum Gasteiger partial charge on any atom is -0.349 e. The first-order chi connectivity index (χ1) is 9.24. The number of hydrogen-bond acceptors (Lipinski definition) is 4. The molecule has 1 amide bonds. The number of carbonyl (C=O) groups excluding carboxylic acids is 1. The molecule has 6 heteroatoms. The Morgan fingerprint density at radius 2 is 2.32 bits per heavy atom. The van der Waals surface area contributed by atoms with Crippen molar-refractivity contribution >= 4 is 11.6 Å². The van der Waals surface area contributed by atoms with Crippen molar-refractivity contribution in [1.29, 1.82) is 0 Å². The molecule has 6 nitrogen and oxygen atoms in total. The minimum absolute atomic E-state index is 0.00450. The first-order valence-electron chi connectivity index (χ1n) is 6.55. The molecule has 0 radical (unpaired) electrons. The zero-order chi connectivity index (χ0) is 13.2. The molecule has 19 heavy (non-hydrogen) atoms. The van der Waals surface area contributed by atoms with Gasteiger partial charge in [-0.1, -0.05) is 6.07 Å². The fourth-order valence-electron chi connectivity index (χ4n) is 2.17. The molecule has 0 saturated heterocycles. The van der Waals surface area contributed by atoms with Gasteiger partial charge in [-0.15, -0.1) is 10.2 Å². The van der Waals surface area contributed by atoms with Gasteiger partial charge in [0.1, 0.15) is 0 Å². The van der Waals surface area contributed by atoms with Crippen molar-refractivity contribution in [2.45, 2.75) is 31.8 Å². The average Bonchev–Trinajstić information content (AvgIpc) is 3.18. The number of nitrogens with one attached hydrogen (secondary N) is 1. The second-order valence-electron chi connectivity index (χ2n) is 5.03. The first kappa shape index (κ1) is 12.1. The smallest absolute Gasteiger partial charge is 0.221 e. The molecule has 1 aliphatic carbocycles. The number of amides is 1. The van der Waals surface area contributed by atoms with Crippen LogP contribution in [0, 0.1) is 5.92 Å². The number of rotatable bonds is 5. The van der Waals surface area contributed by atoms with Crippen LogP contribution in [0.4, 0.5) is 0 Å². The molecule has 0 spiro atoms. The molecule has 2 aromatic rings. The monoisotopic (exact) mass is 259 g/mol. The molecule has 1 atom stereocenters. The number of carbonyl (C=O) groups is 1. The van der Waals surface area contributed by atoms with Gasteiger partial charge in [0.15, 0.2) is 11.5 Å². The van der Waals surface area contributed by atoms with E-state index < -0.39 is 0 Å². The second-order valence-corrected chi connectivity index (χ2v) is 5.03. The highest BCUT2D eigenvalue weighted by atomic mass is 16.1. The van der Waals surface area contributed by atoms with Crippen LogP contribution in [0.3, 0.4) is 0 Å². The lowest BCUT2D eigenvalue weighted by molar-refractivity contribution is -0.121. The lowest BCUT2D eigenvalue weighted by atomic mass is 10.1. The molecule has 0 aliphatic heterocycles. The zero-order valence-electron chi connectivity index (χ0n) is 10.6. The third-order valence-corrected chi connectivity index (χ3v) is 3.48. The Balaban J connectivity index is 1.58. The van der Waals surface area contributed by atoms with E-state index in [9.17, 15) is 4.79 Å². The first-order valence-corrected chi connectivity index (χ1v) is 6.55. The van der Waals surface area contributed by atoms with Crippen molar-refractivity contribution in [3.63, 3.8) is 0 Å². The summed E-state index contributed by atoms with van der Waals surface area (Å²) in [6, 6.07) is 5.68. The van der Waals surface area contributed by atoms with Crippen LogP contribution in [0.15, 0.2) is 24.4 Å². The molecule has 2 heterocycles. The molecule has 100 valence electrons. The summed E-state index contributed by atoms with van der Waals surface area (Å²) < 4.78 is 1.86. The maximum absolute atomic E-state index is 11.8. The average molecular weight is 259 g/mol.